The van der Waals surface area contributed by atoms with Crippen molar-refractivity contribution >= 4 is 16.7 Å². The first-order valence-electron chi connectivity index (χ1n) is 4.30. The SMILES string of the molecule is Cc1cccc2c1cc([N+](=O)[O-])n2C. The van der Waals surface area contributed by atoms with Crippen molar-refractivity contribution in [2.75, 3.05) is 0 Å². The van der Waals surface area contributed by atoms with Crippen LogP contribution in [-0.4, -0.2) is 9.49 Å². The monoisotopic (exact) mass is 190 g/mol. The van der Waals surface area contributed by atoms with Crippen LogP contribution in [0.2, 0.25) is 0 Å². The van der Waals surface area contributed by atoms with Crippen molar-refractivity contribution in [3.63, 3.8) is 0 Å². The lowest BCUT2D eigenvalue weighted by Crippen LogP contribution is -1.95. The van der Waals surface area contributed by atoms with Crippen LogP contribution < -0.4 is 0 Å². The van der Waals surface area contributed by atoms with Gasteiger partial charge in [-0.25, -0.2) is 4.57 Å². The zero-order chi connectivity index (χ0) is 10.3. The average Bonchev–Trinajstić information content (AvgIpc) is 2.46. The first-order valence-corrected chi connectivity index (χ1v) is 4.30. The van der Waals surface area contributed by atoms with Gasteiger partial charge in [0.25, 0.3) is 0 Å². The maximum absolute atomic E-state index is 10.7. The number of benzene rings is 1. The van der Waals surface area contributed by atoms with E-state index in [0.717, 1.165) is 16.5 Å². The summed E-state index contributed by atoms with van der Waals surface area (Å²) in [6, 6.07) is 7.35. The summed E-state index contributed by atoms with van der Waals surface area (Å²) in [6.45, 7) is 1.95. The van der Waals surface area contributed by atoms with Crippen molar-refractivity contribution in [1.29, 1.82) is 0 Å². The van der Waals surface area contributed by atoms with Crippen LogP contribution in [0.4, 0.5) is 5.82 Å². The average molecular weight is 190 g/mol. The molecule has 0 atom stereocenters. The first-order chi connectivity index (χ1) is 6.61. The lowest BCUT2D eigenvalue weighted by atomic mass is 10.1. The largest absolute Gasteiger partial charge is 0.358 e. The highest BCUT2D eigenvalue weighted by Gasteiger charge is 2.15. The second kappa shape index (κ2) is 2.83. The number of aryl methyl sites for hydroxylation is 2. The molecule has 2 rings (SSSR count). The van der Waals surface area contributed by atoms with Crippen LogP contribution in [0.15, 0.2) is 24.3 Å². The van der Waals surface area contributed by atoms with Crippen molar-refractivity contribution in [3.8, 4) is 0 Å². The maximum atomic E-state index is 10.7. The molecule has 0 unspecified atom stereocenters. The van der Waals surface area contributed by atoms with E-state index in [1.165, 1.54) is 0 Å². The second-order valence-corrected chi connectivity index (χ2v) is 3.33. The van der Waals surface area contributed by atoms with Crippen molar-refractivity contribution in [2.45, 2.75) is 6.92 Å². The van der Waals surface area contributed by atoms with Gasteiger partial charge in [0, 0.05) is 11.5 Å². The molecule has 0 aliphatic rings. The summed E-state index contributed by atoms with van der Waals surface area (Å²) in [7, 11) is 1.71. The standard InChI is InChI=1S/C10H10N2O2/c1-7-4-3-5-9-8(7)6-10(11(9)2)12(13)14/h3-6H,1-2H3. The molecule has 0 aliphatic carbocycles. The Morgan fingerprint density at radius 2 is 2.14 bits per heavy atom. The molecule has 0 aliphatic heterocycles. The minimum Gasteiger partial charge on any atom is -0.358 e. The summed E-state index contributed by atoms with van der Waals surface area (Å²) in [4.78, 5) is 10.3. The molecule has 0 amide bonds. The second-order valence-electron chi connectivity index (χ2n) is 3.33. The molecule has 0 N–H and O–H groups in total. The van der Waals surface area contributed by atoms with Crippen LogP contribution in [0, 0.1) is 17.0 Å². The smallest absolute Gasteiger partial charge is 0.323 e. The quantitative estimate of drug-likeness (QED) is 0.512. The summed E-state index contributed by atoms with van der Waals surface area (Å²) in [5, 5.41) is 11.6. The molecule has 1 heterocycles. The van der Waals surface area contributed by atoms with E-state index in [2.05, 4.69) is 0 Å². The predicted octanol–water partition coefficient (Wildman–Crippen LogP) is 2.39. The molecule has 72 valence electrons. The Balaban J connectivity index is 2.86. The number of nitrogens with zero attached hydrogens (tertiary/aromatic N) is 2. The van der Waals surface area contributed by atoms with E-state index >= 15 is 0 Å². The highest BCUT2D eigenvalue weighted by atomic mass is 16.6. The van der Waals surface area contributed by atoms with E-state index in [-0.39, 0.29) is 10.7 Å². The zero-order valence-electron chi connectivity index (χ0n) is 8.02. The Hall–Kier alpha value is -1.84. The van der Waals surface area contributed by atoms with Gasteiger partial charge in [-0.2, -0.15) is 0 Å². The van der Waals surface area contributed by atoms with Crippen LogP contribution in [0.1, 0.15) is 5.56 Å². The van der Waals surface area contributed by atoms with Crippen molar-refractivity contribution < 1.29 is 4.92 Å². The van der Waals surface area contributed by atoms with Gasteiger partial charge < -0.3 is 10.1 Å². The molecule has 0 fully saturated rings. The lowest BCUT2D eigenvalue weighted by molar-refractivity contribution is -0.391. The predicted molar refractivity (Wildman–Crippen MR) is 54.3 cm³/mol. The molecule has 0 radical (unpaired) electrons. The van der Waals surface area contributed by atoms with Gasteiger partial charge in [0.2, 0.25) is 0 Å². The topological polar surface area (TPSA) is 48.1 Å². The van der Waals surface area contributed by atoms with E-state index < -0.39 is 0 Å². The van der Waals surface area contributed by atoms with Crippen molar-refractivity contribution in [2.24, 2.45) is 7.05 Å². The molecule has 2 aromatic rings. The van der Waals surface area contributed by atoms with E-state index in [1.54, 1.807) is 17.7 Å². The van der Waals surface area contributed by atoms with Gasteiger partial charge in [0.15, 0.2) is 0 Å². The maximum Gasteiger partial charge on any atom is 0.323 e. The summed E-state index contributed by atoms with van der Waals surface area (Å²) in [5.74, 6) is 0.134. The number of hydrogen-bond acceptors (Lipinski definition) is 2. The Morgan fingerprint density at radius 1 is 1.43 bits per heavy atom. The van der Waals surface area contributed by atoms with Gasteiger partial charge in [-0.1, -0.05) is 12.1 Å². The van der Waals surface area contributed by atoms with Gasteiger partial charge in [-0.15, -0.1) is 0 Å². The van der Waals surface area contributed by atoms with E-state index in [1.807, 2.05) is 25.1 Å². The van der Waals surface area contributed by atoms with Crippen LogP contribution in [0.25, 0.3) is 10.9 Å². The molecule has 0 saturated carbocycles. The Kier molecular flexibility index (Phi) is 1.77. The molecule has 0 bridgehead atoms. The molecular formula is C10H10N2O2. The van der Waals surface area contributed by atoms with Crippen LogP contribution in [0.3, 0.4) is 0 Å². The fraction of sp³-hybridized carbons (Fsp3) is 0.200. The van der Waals surface area contributed by atoms with Gasteiger partial charge in [0.05, 0.1) is 7.05 Å². The summed E-state index contributed by atoms with van der Waals surface area (Å²) < 4.78 is 1.60. The van der Waals surface area contributed by atoms with E-state index in [4.69, 9.17) is 0 Å². The van der Waals surface area contributed by atoms with Gasteiger partial charge in [0.1, 0.15) is 5.52 Å². The first kappa shape index (κ1) is 8.74. The number of nitro groups is 1. The Morgan fingerprint density at radius 3 is 2.71 bits per heavy atom. The molecule has 14 heavy (non-hydrogen) atoms. The third kappa shape index (κ3) is 1.08. The number of fused-ring (bicyclic) bond motifs is 1. The fourth-order valence-electron chi connectivity index (χ4n) is 1.67. The van der Waals surface area contributed by atoms with Crippen LogP contribution in [0.5, 0.6) is 0 Å². The van der Waals surface area contributed by atoms with Crippen LogP contribution >= 0.6 is 0 Å². The lowest BCUT2D eigenvalue weighted by Gasteiger charge is -1.94. The normalized spacial score (nSPS) is 10.7. The third-order valence-corrected chi connectivity index (χ3v) is 2.47. The number of aromatic nitrogens is 1. The van der Waals surface area contributed by atoms with Gasteiger partial charge >= 0.3 is 5.82 Å². The molecule has 4 nitrogen and oxygen atoms in total. The van der Waals surface area contributed by atoms with Crippen molar-refractivity contribution in [1.82, 2.24) is 4.57 Å². The van der Waals surface area contributed by atoms with E-state index in [9.17, 15) is 10.1 Å². The minimum absolute atomic E-state index is 0.134. The Labute approximate surface area is 80.9 Å². The summed E-state index contributed by atoms with van der Waals surface area (Å²) >= 11 is 0. The Bertz CT molecular complexity index is 514. The van der Waals surface area contributed by atoms with Gasteiger partial charge in [-0.05, 0) is 23.5 Å². The highest BCUT2D eigenvalue weighted by Crippen LogP contribution is 2.26. The van der Waals surface area contributed by atoms with Crippen molar-refractivity contribution in [3.05, 3.63) is 39.9 Å². The highest BCUT2D eigenvalue weighted by molar-refractivity contribution is 5.86. The summed E-state index contributed by atoms with van der Waals surface area (Å²) in [6.07, 6.45) is 0. The molecule has 1 aromatic carbocycles. The minimum atomic E-state index is -0.362. The zero-order valence-corrected chi connectivity index (χ0v) is 8.02. The summed E-state index contributed by atoms with van der Waals surface area (Å²) in [5.41, 5.74) is 1.96. The van der Waals surface area contributed by atoms with Gasteiger partial charge in [-0.3, -0.25) is 0 Å². The number of rotatable bonds is 1. The molecule has 1 aromatic heterocycles. The molecular weight excluding hydrogens is 180 g/mol. The fourth-order valence-corrected chi connectivity index (χ4v) is 1.67. The number of hydrogen-bond donors (Lipinski definition) is 0. The van der Waals surface area contributed by atoms with E-state index in [0.29, 0.717) is 0 Å². The third-order valence-electron chi connectivity index (χ3n) is 2.47. The molecule has 0 saturated heterocycles. The molecule has 0 spiro atoms. The molecule has 4 heteroatoms. The van der Waals surface area contributed by atoms with Crippen LogP contribution in [-0.2, 0) is 7.05 Å².